The highest BCUT2D eigenvalue weighted by molar-refractivity contribution is 6.00. The summed E-state index contributed by atoms with van der Waals surface area (Å²) in [5.74, 6) is -0.0484. The van der Waals surface area contributed by atoms with E-state index in [1.165, 1.54) is 4.57 Å². The molecule has 1 aliphatic carbocycles. The van der Waals surface area contributed by atoms with E-state index in [2.05, 4.69) is 15.1 Å². The molecule has 44 heavy (non-hydrogen) atoms. The van der Waals surface area contributed by atoms with Crippen LogP contribution >= 0.6 is 0 Å². The van der Waals surface area contributed by atoms with Crippen molar-refractivity contribution < 1.29 is 23.9 Å². The molecule has 3 amide bonds. The molecule has 1 aromatic carbocycles. The zero-order valence-electron chi connectivity index (χ0n) is 26.4. The Morgan fingerprint density at radius 1 is 0.932 bits per heavy atom. The number of likely N-dealkylation sites (tertiary alicyclic amines) is 1. The zero-order chi connectivity index (χ0) is 31.2. The van der Waals surface area contributed by atoms with Crippen molar-refractivity contribution in [1.82, 2.24) is 24.3 Å². The fourth-order valence-electron chi connectivity index (χ4n) is 7.04. The van der Waals surface area contributed by atoms with E-state index in [0.29, 0.717) is 37.0 Å². The van der Waals surface area contributed by atoms with E-state index in [1.54, 1.807) is 16.5 Å². The van der Waals surface area contributed by atoms with Gasteiger partial charge in [0, 0.05) is 65.0 Å². The average Bonchev–Trinajstić information content (AvgIpc) is 3.20. The molecule has 0 bridgehead atoms. The summed E-state index contributed by atoms with van der Waals surface area (Å²) in [7, 11) is 1.73. The maximum absolute atomic E-state index is 13.1. The van der Waals surface area contributed by atoms with E-state index in [-0.39, 0.29) is 30.2 Å². The number of hydrogen-bond donors (Lipinski definition) is 1. The van der Waals surface area contributed by atoms with Crippen LogP contribution in [-0.4, -0.2) is 100 Å². The van der Waals surface area contributed by atoms with Crippen molar-refractivity contribution in [2.75, 3.05) is 50.7 Å². The molecule has 1 unspecified atom stereocenters. The molecular weight excluding hydrogens is 564 g/mol. The molecule has 240 valence electrons. The maximum atomic E-state index is 13.1. The van der Waals surface area contributed by atoms with Gasteiger partial charge in [-0.25, -0.2) is 9.59 Å². The van der Waals surface area contributed by atoms with Crippen LogP contribution in [0.5, 0.6) is 0 Å². The van der Waals surface area contributed by atoms with Crippen LogP contribution < -0.4 is 15.9 Å². The summed E-state index contributed by atoms with van der Waals surface area (Å²) in [5, 5.41) is 2.37. The van der Waals surface area contributed by atoms with Crippen molar-refractivity contribution in [3.05, 3.63) is 28.7 Å². The van der Waals surface area contributed by atoms with Crippen molar-refractivity contribution in [1.29, 1.82) is 0 Å². The lowest BCUT2D eigenvalue weighted by atomic mass is 9.81. The number of anilines is 1. The fourth-order valence-corrected chi connectivity index (χ4v) is 7.04. The van der Waals surface area contributed by atoms with Gasteiger partial charge in [-0.1, -0.05) is 0 Å². The van der Waals surface area contributed by atoms with Gasteiger partial charge in [0.25, 0.3) is 0 Å². The van der Waals surface area contributed by atoms with E-state index in [4.69, 9.17) is 9.47 Å². The molecule has 3 saturated heterocycles. The molecule has 1 N–H and O–H groups in total. The van der Waals surface area contributed by atoms with Gasteiger partial charge < -0.3 is 19.3 Å². The van der Waals surface area contributed by atoms with Gasteiger partial charge in [-0.2, -0.15) is 0 Å². The number of nitrogens with one attached hydrogen (secondary N) is 1. The lowest BCUT2D eigenvalue weighted by Crippen LogP contribution is -2.50. The number of benzene rings is 1. The number of piperidine rings is 2. The molecule has 4 fully saturated rings. The first-order valence-electron chi connectivity index (χ1n) is 16.1. The normalized spacial score (nSPS) is 25.7. The van der Waals surface area contributed by atoms with Crippen LogP contribution in [0.3, 0.4) is 0 Å². The van der Waals surface area contributed by atoms with E-state index in [1.807, 2.05) is 39.0 Å². The van der Waals surface area contributed by atoms with Crippen LogP contribution in [0.1, 0.15) is 65.3 Å². The summed E-state index contributed by atoms with van der Waals surface area (Å²) in [6.45, 7) is 12.0. The van der Waals surface area contributed by atoms with Crippen LogP contribution in [0.2, 0.25) is 0 Å². The number of aryl methyl sites for hydroxylation is 1. The van der Waals surface area contributed by atoms with Gasteiger partial charge in [-0.3, -0.25) is 28.9 Å². The number of aromatic nitrogens is 2. The van der Waals surface area contributed by atoms with E-state index in [9.17, 15) is 19.2 Å². The minimum Gasteiger partial charge on any atom is -0.444 e. The van der Waals surface area contributed by atoms with Crippen molar-refractivity contribution in [2.45, 2.75) is 83.1 Å². The summed E-state index contributed by atoms with van der Waals surface area (Å²) in [4.78, 5) is 56.2. The number of fused-ring (bicyclic) bond motifs is 1. The van der Waals surface area contributed by atoms with Gasteiger partial charge >= 0.3 is 11.8 Å². The first-order valence-corrected chi connectivity index (χ1v) is 16.1. The Bertz CT molecular complexity index is 1450. The first-order chi connectivity index (χ1) is 20.9. The van der Waals surface area contributed by atoms with Gasteiger partial charge in [-0.15, -0.1) is 0 Å². The standard InChI is InChI=1S/C32H46N6O6/c1-32(2,3)44-31(42)37-11-9-23(10-12-37)43-24-17-21(18-24)20-35-13-15-36(16-14-35)22-5-6-25-27(19-22)34(4)30(41)38(25)26-7-8-28(39)33-29(26)40/h5-6,19,21,23-24,26H,7-18,20H2,1-4H3,(H,33,39,40). The molecule has 1 aromatic heterocycles. The van der Waals surface area contributed by atoms with E-state index in [0.717, 1.165) is 69.6 Å². The zero-order valence-corrected chi connectivity index (χ0v) is 26.4. The molecule has 0 spiro atoms. The number of imidazole rings is 1. The monoisotopic (exact) mass is 610 g/mol. The van der Waals surface area contributed by atoms with Crippen molar-refractivity contribution in [3.63, 3.8) is 0 Å². The Kier molecular flexibility index (Phi) is 8.49. The molecule has 2 aromatic rings. The summed E-state index contributed by atoms with van der Waals surface area (Å²) in [6, 6.07) is 5.33. The minimum atomic E-state index is -0.674. The summed E-state index contributed by atoms with van der Waals surface area (Å²) in [5.41, 5.74) is 1.86. The number of hydrogen-bond acceptors (Lipinski definition) is 8. The third-order valence-electron chi connectivity index (χ3n) is 9.52. The van der Waals surface area contributed by atoms with Gasteiger partial charge in [0.15, 0.2) is 0 Å². The fraction of sp³-hybridized carbons (Fsp3) is 0.688. The molecule has 0 radical (unpaired) electrons. The van der Waals surface area contributed by atoms with Gasteiger partial charge in [0.2, 0.25) is 11.8 Å². The molecule has 1 atom stereocenters. The Balaban J connectivity index is 0.951. The number of ether oxygens (including phenoxy) is 2. The quantitative estimate of drug-likeness (QED) is 0.496. The predicted octanol–water partition coefficient (Wildman–Crippen LogP) is 2.63. The van der Waals surface area contributed by atoms with E-state index < -0.39 is 17.6 Å². The van der Waals surface area contributed by atoms with Crippen LogP contribution in [-0.2, 0) is 26.1 Å². The minimum absolute atomic E-state index is 0.223. The lowest BCUT2D eigenvalue weighted by molar-refractivity contribution is -0.135. The summed E-state index contributed by atoms with van der Waals surface area (Å²) in [6.07, 6.45) is 4.81. The van der Waals surface area contributed by atoms with Crippen LogP contribution in [0.15, 0.2) is 23.0 Å². The topological polar surface area (TPSA) is 118 Å². The van der Waals surface area contributed by atoms with Gasteiger partial charge in [0.05, 0.1) is 23.2 Å². The second-order valence-electron chi connectivity index (χ2n) is 13.9. The molecule has 1 saturated carbocycles. The van der Waals surface area contributed by atoms with Crippen LogP contribution in [0.25, 0.3) is 11.0 Å². The number of carbonyl (C=O) groups is 3. The number of nitrogens with zero attached hydrogens (tertiary/aromatic N) is 5. The second-order valence-corrected chi connectivity index (χ2v) is 13.9. The molecule has 4 aliphatic rings. The van der Waals surface area contributed by atoms with Gasteiger partial charge in [-0.05, 0) is 77.0 Å². The number of rotatable bonds is 6. The smallest absolute Gasteiger partial charge is 0.410 e. The Morgan fingerprint density at radius 3 is 2.30 bits per heavy atom. The Morgan fingerprint density at radius 2 is 1.64 bits per heavy atom. The Hall–Kier alpha value is -3.38. The molecule has 12 nitrogen and oxygen atoms in total. The largest absolute Gasteiger partial charge is 0.444 e. The molecule has 12 heteroatoms. The molecule has 4 heterocycles. The highest BCUT2D eigenvalue weighted by atomic mass is 16.6. The summed E-state index contributed by atoms with van der Waals surface area (Å²) >= 11 is 0. The SMILES string of the molecule is Cn1c(=O)n(C2CCC(=O)NC2=O)c2ccc(N3CCN(CC4CC(OC5CCN(C(=O)OC(C)(C)C)CC5)C4)CC3)cc21. The molecule has 6 rings (SSSR count). The number of imide groups is 1. The number of amides is 3. The van der Waals surface area contributed by atoms with Crippen LogP contribution in [0.4, 0.5) is 10.5 Å². The predicted molar refractivity (Wildman–Crippen MR) is 166 cm³/mol. The van der Waals surface area contributed by atoms with Crippen molar-refractivity contribution in [3.8, 4) is 0 Å². The van der Waals surface area contributed by atoms with Gasteiger partial charge in [0.1, 0.15) is 11.6 Å². The molecule has 3 aliphatic heterocycles. The van der Waals surface area contributed by atoms with Crippen LogP contribution in [0, 0.1) is 5.92 Å². The number of piperazine rings is 1. The molecular formula is C32H46N6O6. The Labute approximate surface area is 258 Å². The highest BCUT2D eigenvalue weighted by Gasteiger charge is 2.36. The lowest BCUT2D eigenvalue weighted by Gasteiger charge is -2.43. The number of carbonyl (C=O) groups excluding carboxylic acids is 3. The third kappa shape index (κ3) is 6.51. The summed E-state index contributed by atoms with van der Waals surface area (Å²) < 4.78 is 15.0. The van der Waals surface area contributed by atoms with Crippen molar-refractivity contribution >= 4 is 34.6 Å². The van der Waals surface area contributed by atoms with Crippen molar-refractivity contribution in [2.24, 2.45) is 13.0 Å². The average molecular weight is 611 g/mol. The highest BCUT2D eigenvalue weighted by Crippen LogP contribution is 2.34. The van der Waals surface area contributed by atoms with E-state index >= 15 is 0 Å². The first kappa shape index (κ1) is 30.6. The third-order valence-corrected chi connectivity index (χ3v) is 9.52. The second kappa shape index (κ2) is 12.2. The maximum Gasteiger partial charge on any atom is 0.410 e.